The summed E-state index contributed by atoms with van der Waals surface area (Å²) in [6.45, 7) is 0.0466. The molecule has 9 nitrogen and oxygen atoms in total. The SMILES string of the molecule is CON=C1C[C@@H](O)CN1C(=O)OCc1ccc([N+](=O)[O-])cc1. The zero-order valence-electron chi connectivity index (χ0n) is 11.8. The van der Waals surface area contributed by atoms with E-state index >= 15 is 0 Å². The van der Waals surface area contributed by atoms with Gasteiger partial charge in [-0.2, -0.15) is 0 Å². The molecule has 0 bridgehead atoms. The van der Waals surface area contributed by atoms with Crippen molar-refractivity contribution in [2.75, 3.05) is 13.7 Å². The molecule has 0 spiro atoms. The maximum atomic E-state index is 12.0. The average molecular weight is 309 g/mol. The van der Waals surface area contributed by atoms with Gasteiger partial charge in [0, 0.05) is 18.6 Å². The van der Waals surface area contributed by atoms with E-state index in [9.17, 15) is 20.0 Å². The first-order valence-corrected chi connectivity index (χ1v) is 6.47. The van der Waals surface area contributed by atoms with Gasteiger partial charge in [0.05, 0.1) is 17.6 Å². The minimum absolute atomic E-state index is 0.0349. The molecule has 1 aromatic carbocycles. The van der Waals surface area contributed by atoms with E-state index in [-0.39, 0.29) is 25.3 Å². The minimum Gasteiger partial charge on any atom is -0.444 e. The van der Waals surface area contributed by atoms with Crippen molar-refractivity contribution in [3.05, 3.63) is 39.9 Å². The number of likely N-dealkylation sites (tertiary alicyclic amines) is 1. The molecule has 1 aromatic rings. The van der Waals surface area contributed by atoms with Gasteiger partial charge in [-0.15, -0.1) is 0 Å². The number of carbonyl (C=O) groups excluding carboxylic acids is 1. The summed E-state index contributed by atoms with van der Waals surface area (Å²) in [7, 11) is 1.35. The number of benzene rings is 1. The van der Waals surface area contributed by atoms with Gasteiger partial charge in [-0.3, -0.25) is 15.0 Å². The Morgan fingerprint density at radius 3 is 2.77 bits per heavy atom. The second-order valence-corrected chi connectivity index (χ2v) is 4.64. The van der Waals surface area contributed by atoms with Gasteiger partial charge < -0.3 is 14.7 Å². The van der Waals surface area contributed by atoms with E-state index in [0.717, 1.165) is 0 Å². The molecule has 1 amide bonds. The van der Waals surface area contributed by atoms with Crippen LogP contribution in [0.3, 0.4) is 0 Å². The van der Waals surface area contributed by atoms with Gasteiger partial charge in [0.2, 0.25) is 0 Å². The van der Waals surface area contributed by atoms with E-state index in [2.05, 4.69) is 9.99 Å². The number of nitrogens with zero attached hydrogens (tertiary/aromatic N) is 3. The van der Waals surface area contributed by atoms with E-state index in [1.165, 1.54) is 36.3 Å². The molecule has 0 aliphatic carbocycles. The molecule has 0 saturated carbocycles. The van der Waals surface area contributed by atoms with Crippen LogP contribution in [-0.2, 0) is 16.2 Å². The van der Waals surface area contributed by atoms with E-state index in [1.807, 2.05) is 0 Å². The van der Waals surface area contributed by atoms with Crippen LogP contribution in [0.5, 0.6) is 0 Å². The number of non-ortho nitro benzene ring substituents is 1. The summed E-state index contributed by atoms with van der Waals surface area (Å²) in [5.74, 6) is 0.295. The quantitative estimate of drug-likeness (QED) is 0.661. The lowest BCUT2D eigenvalue weighted by molar-refractivity contribution is -0.384. The van der Waals surface area contributed by atoms with E-state index in [1.54, 1.807) is 0 Å². The lowest BCUT2D eigenvalue weighted by Crippen LogP contribution is -2.33. The number of β-amino-alcohol motifs (C(OH)–C–C–N with tert-alkyl or cyclic N) is 1. The van der Waals surface area contributed by atoms with Crippen molar-refractivity contribution in [3.63, 3.8) is 0 Å². The number of carbonyl (C=O) groups is 1. The molecule has 1 aliphatic heterocycles. The summed E-state index contributed by atoms with van der Waals surface area (Å²) >= 11 is 0. The summed E-state index contributed by atoms with van der Waals surface area (Å²) in [6, 6.07) is 5.68. The highest BCUT2D eigenvalue weighted by atomic mass is 16.6. The Hall–Kier alpha value is -2.68. The largest absolute Gasteiger partial charge is 0.444 e. The molecule has 1 atom stereocenters. The first kappa shape index (κ1) is 15.7. The summed E-state index contributed by atoms with van der Waals surface area (Å²) < 4.78 is 5.11. The topological polar surface area (TPSA) is 114 Å². The van der Waals surface area contributed by atoms with E-state index < -0.39 is 17.1 Å². The lowest BCUT2D eigenvalue weighted by atomic mass is 10.2. The Morgan fingerprint density at radius 2 is 2.18 bits per heavy atom. The first-order valence-electron chi connectivity index (χ1n) is 6.47. The van der Waals surface area contributed by atoms with Crippen LogP contribution < -0.4 is 0 Å². The number of hydrogen-bond acceptors (Lipinski definition) is 7. The third-order valence-corrected chi connectivity index (χ3v) is 3.05. The van der Waals surface area contributed by atoms with Gasteiger partial charge in [0.1, 0.15) is 13.7 Å². The van der Waals surface area contributed by atoms with Crippen LogP contribution >= 0.6 is 0 Å². The smallest absolute Gasteiger partial charge is 0.415 e. The highest BCUT2D eigenvalue weighted by Crippen LogP contribution is 2.16. The summed E-state index contributed by atoms with van der Waals surface area (Å²) in [6.07, 6.45) is -1.16. The van der Waals surface area contributed by atoms with Gasteiger partial charge >= 0.3 is 6.09 Å². The van der Waals surface area contributed by atoms with E-state index in [4.69, 9.17) is 4.74 Å². The summed E-state index contributed by atoms with van der Waals surface area (Å²) in [5.41, 5.74) is 0.580. The van der Waals surface area contributed by atoms with Gasteiger partial charge in [0.15, 0.2) is 5.84 Å². The predicted octanol–water partition coefficient (Wildman–Crippen LogP) is 1.26. The zero-order chi connectivity index (χ0) is 16.1. The van der Waals surface area contributed by atoms with Gasteiger partial charge in [0.25, 0.3) is 5.69 Å². The maximum Gasteiger partial charge on any atom is 0.415 e. The van der Waals surface area contributed by atoms with Crippen molar-refractivity contribution >= 4 is 17.6 Å². The van der Waals surface area contributed by atoms with Crippen LogP contribution in [0.2, 0.25) is 0 Å². The third-order valence-electron chi connectivity index (χ3n) is 3.05. The van der Waals surface area contributed by atoms with Gasteiger partial charge in [-0.05, 0) is 17.7 Å². The van der Waals surface area contributed by atoms with Crippen LogP contribution in [0, 0.1) is 10.1 Å². The molecule has 1 aliphatic rings. The maximum absolute atomic E-state index is 12.0. The number of nitro groups is 1. The zero-order valence-corrected chi connectivity index (χ0v) is 11.8. The fraction of sp³-hybridized carbons (Fsp3) is 0.385. The molecular weight excluding hydrogens is 294 g/mol. The molecule has 9 heteroatoms. The lowest BCUT2D eigenvalue weighted by Gasteiger charge is -2.15. The van der Waals surface area contributed by atoms with Gasteiger partial charge in [-0.25, -0.2) is 4.79 Å². The van der Waals surface area contributed by atoms with E-state index in [0.29, 0.717) is 11.4 Å². The molecular formula is C13H15N3O6. The Bertz CT molecular complexity index is 586. The second kappa shape index (κ2) is 6.85. The average Bonchev–Trinajstić information content (AvgIpc) is 2.86. The fourth-order valence-corrected chi connectivity index (χ4v) is 2.01. The van der Waals surface area contributed by atoms with Crippen molar-refractivity contribution in [3.8, 4) is 0 Å². The Morgan fingerprint density at radius 1 is 1.50 bits per heavy atom. The molecule has 0 aromatic heterocycles. The number of rotatable bonds is 4. The van der Waals surface area contributed by atoms with Gasteiger partial charge in [-0.1, -0.05) is 5.16 Å². The molecule has 2 rings (SSSR count). The number of hydrogen-bond donors (Lipinski definition) is 1. The Labute approximate surface area is 125 Å². The highest BCUT2D eigenvalue weighted by molar-refractivity contribution is 5.97. The molecule has 0 radical (unpaired) electrons. The normalized spacial score (nSPS) is 19.3. The number of aliphatic hydroxyl groups excluding tert-OH is 1. The second-order valence-electron chi connectivity index (χ2n) is 4.64. The minimum atomic E-state index is -0.708. The van der Waals surface area contributed by atoms with Crippen molar-refractivity contribution in [1.82, 2.24) is 4.90 Å². The molecule has 118 valence electrons. The number of amidine groups is 1. The summed E-state index contributed by atoms with van der Waals surface area (Å²) in [4.78, 5) is 27.8. The number of nitro benzene ring substituents is 1. The van der Waals surface area contributed by atoms with Crippen LogP contribution in [0.1, 0.15) is 12.0 Å². The summed E-state index contributed by atoms with van der Waals surface area (Å²) in [5, 5.41) is 23.8. The van der Waals surface area contributed by atoms with Crippen molar-refractivity contribution in [2.24, 2.45) is 5.16 Å². The Kier molecular flexibility index (Phi) is 4.89. The first-order chi connectivity index (χ1) is 10.5. The molecule has 22 heavy (non-hydrogen) atoms. The number of amides is 1. The standard InChI is InChI=1S/C13H15N3O6/c1-21-14-12-6-11(17)7-15(12)13(18)22-8-9-2-4-10(5-3-9)16(19)20/h2-5,11,17H,6-8H2,1H3/t11-/m1/s1. The van der Waals surface area contributed by atoms with Crippen molar-refractivity contribution in [2.45, 2.75) is 19.1 Å². The number of oxime groups is 1. The van der Waals surface area contributed by atoms with Crippen molar-refractivity contribution in [1.29, 1.82) is 0 Å². The number of ether oxygens (including phenoxy) is 1. The van der Waals surface area contributed by atoms with Crippen LogP contribution in [0.4, 0.5) is 10.5 Å². The highest BCUT2D eigenvalue weighted by Gasteiger charge is 2.32. The molecule has 1 N–H and O–H groups in total. The molecule has 1 fully saturated rings. The fourth-order valence-electron chi connectivity index (χ4n) is 2.01. The number of aliphatic hydroxyl groups is 1. The molecule has 1 saturated heterocycles. The van der Waals surface area contributed by atoms with Crippen LogP contribution in [0.25, 0.3) is 0 Å². The predicted molar refractivity (Wildman–Crippen MR) is 75.1 cm³/mol. The third kappa shape index (κ3) is 3.70. The van der Waals surface area contributed by atoms with Crippen LogP contribution in [0.15, 0.2) is 29.4 Å². The molecule has 0 unspecified atom stereocenters. The van der Waals surface area contributed by atoms with Crippen molar-refractivity contribution < 1.29 is 24.4 Å². The Balaban J connectivity index is 1.94. The van der Waals surface area contributed by atoms with Crippen LogP contribution in [-0.4, -0.2) is 46.6 Å². The monoisotopic (exact) mass is 309 g/mol. The molecule has 1 heterocycles.